The van der Waals surface area contributed by atoms with Crippen LogP contribution in [0.5, 0.6) is 0 Å². The van der Waals surface area contributed by atoms with Crippen LogP contribution in [0.2, 0.25) is 0 Å². The Balaban J connectivity index is 1.43. The van der Waals surface area contributed by atoms with E-state index >= 15 is 0 Å². The molecule has 1 aromatic carbocycles. The second-order valence-corrected chi connectivity index (χ2v) is 11.5. The Labute approximate surface area is 248 Å². The minimum Gasteiger partial charge on any atom is -0.344 e. The Morgan fingerprint density at radius 1 is 0.905 bits per heavy atom. The highest BCUT2D eigenvalue weighted by molar-refractivity contribution is 6.00. The van der Waals surface area contributed by atoms with Crippen LogP contribution in [0.1, 0.15) is 67.9 Å². The number of anilines is 1. The fourth-order valence-electron chi connectivity index (χ4n) is 5.78. The molecule has 1 saturated heterocycles. The molecule has 4 rings (SSSR count). The molecule has 2 aliphatic rings. The molecule has 0 radical (unpaired) electrons. The summed E-state index contributed by atoms with van der Waals surface area (Å²) in [7, 11) is 3.74. The molecular formula is C31H45N7O4. The van der Waals surface area contributed by atoms with Crippen molar-refractivity contribution in [3.8, 4) is 0 Å². The molecule has 2 atom stereocenters. The highest BCUT2D eigenvalue weighted by Gasteiger charge is 2.32. The topological polar surface area (TPSA) is 129 Å². The molecule has 1 aromatic heterocycles. The number of nitrogens with zero attached hydrogens (tertiary/aromatic N) is 4. The van der Waals surface area contributed by atoms with Gasteiger partial charge in [-0.3, -0.25) is 23.9 Å². The lowest BCUT2D eigenvalue weighted by Gasteiger charge is -2.34. The average Bonchev–Trinajstić information content (AvgIpc) is 3.24. The second-order valence-electron chi connectivity index (χ2n) is 11.5. The lowest BCUT2D eigenvalue weighted by molar-refractivity contribution is -0.137. The number of benzene rings is 1. The van der Waals surface area contributed by atoms with Gasteiger partial charge in [0.15, 0.2) is 0 Å². The van der Waals surface area contributed by atoms with Crippen LogP contribution in [0.3, 0.4) is 0 Å². The monoisotopic (exact) mass is 579 g/mol. The number of hydrogen-bond acceptors (Lipinski definition) is 6. The Hall–Kier alpha value is -3.73. The van der Waals surface area contributed by atoms with Gasteiger partial charge in [-0.15, -0.1) is 0 Å². The van der Waals surface area contributed by atoms with E-state index < -0.39 is 12.1 Å². The van der Waals surface area contributed by atoms with E-state index in [9.17, 15) is 19.2 Å². The number of hydrogen-bond donors (Lipinski definition) is 3. The first-order chi connectivity index (χ1) is 20.2. The van der Waals surface area contributed by atoms with Crippen molar-refractivity contribution in [3.05, 3.63) is 47.8 Å². The van der Waals surface area contributed by atoms with Gasteiger partial charge in [0.1, 0.15) is 17.8 Å². The molecule has 0 spiro atoms. The molecule has 0 bridgehead atoms. The number of nitrogens with one attached hydrogen (secondary N) is 3. The van der Waals surface area contributed by atoms with Crippen LogP contribution in [0.4, 0.5) is 5.69 Å². The van der Waals surface area contributed by atoms with Crippen molar-refractivity contribution in [2.45, 2.75) is 70.4 Å². The van der Waals surface area contributed by atoms with Crippen LogP contribution in [0, 0.1) is 5.92 Å². The summed E-state index contributed by atoms with van der Waals surface area (Å²) in [4.78, 5) is 56.2. The zero-order chi connectivity index (χ0) is 30.1. The average molecular weight is 580 g/mol. The highest BCUT2D eigenvalue weighted by Crippen LogP contribution is 2.27. The summed E-state index contributed by atoms with van der Waals surface area (Å²) in [5.41, 5.74) is 1.89. The van der Waals surface area contributed by atoms with Gasteiger partial charge in [-0.05, 0) is 49.6 Å². The molecule has 1 saturated carbocycles. The van der Waals surface area contributed by atoms with Gasteiger partial charge in [0.2, 0.25) is 17.7 Å². The normalized spacial score (nSPS) is 18.0. The molecule has 1 aliphatic heterocycles. The van der Waals surface area contributed by atoms with Crippen LogP contribution in [-0.4, -0.2) is 88.5 Å². The van der Waals surface area contributed by atoms with Crippen molar-refractivity contribution in [1.29, 1.82) is 0 Å². The minimum atomic E-state index is -0.667. The quantitative estimate of drug-likeness (QED) is 0.371. The predicted octanol–water partition coefficient (Wildman–Crippen LogP) is 2.34. The smallest absolute Gasteiger partial charge is 0.270 e. The van der Waals surface area contributed by atoms with E-state index in [0.717, 1.165) is 57.2 Å². The van der Waals surface area contributed by atoms with Crippen molar-refractivity contribution in [3.63, 3.8) is 0 Å². The molecule has 2 aromatic rings. The van der Waals surface area contributed by atoms with Crippen LogP contribution in [0.15, 0.2) is 36.5 Å². The maximum atomic E-state index is 13.6. The summed E-state index contributed by atoms with van der Waals surface area (Å²) in [6.07, 6.45) is 8.34. The van der Waals surface area contributed by atoms with Gasteiger partial charge in [-0.25, -0.2) is 0 Å². The van der Waals surface area contributed by atoms with Crippen LogP contribution in [0.25, 0.3) is 0 Å². The van der Waals surface area contributed by atoms with Crippen LogP contribution < -0.4 is 16.0 Å². The molecular weight excluding hydrogens is 534 g/mol. The summed E-state index contributed by atoms with van der Waals surface area (Å²) >= 11 is 0. The first kappa shape index (κ1) is 31.2. The van der Waals surface area contributed by atoms with Crippen molar-refractivity contribution in [2.75, 3.05) is 38.5 Å². The Morgan fingerprint density at radius 3 is 2.17 bits per heavy atom. The lowest BCUT2D eigenvalue weighted by atomic mass is 9.91. The van der Waals surface area contributed by atoms with Crippen molar-refractivity contribution in [2.24, 2.45) is 13.0 Å². The summed E-state index contributed by atoms with van der Waals surface area (Å²) in [6.45, 7) is 4.65. The van der Waals surface area contributed by atoms with E-state index in [4.69, 9.17) is 0 Å². The SMILES string of the molecule is CCC(=O)NC(Cc1ccc(NC(=O)C(NC(=O)c2ccnn2C)C2CCCCCC2)cc1)C(=O)N1CCN(C)CC1. The van der Waals surface area contributed by atoms with Gasteiger partial charge >= 0.3 is 0 Å². The molecule has 228 valence electrons. The number of aryl methyl sites for hydroxylation is 1. The minimum absolute atomic E-state index is 0.0486. The summed E-state index contributed by atoms with van der Waals surface area (Å²) in [5.74, 6) is -0.752. The van der Waals surface area contributed by atoms with Crippen molar-refractivity contribution < 1.29 is 19.2 Å². The van der Waals surface area contributed by atoms with E-state index in [1.54, 1.807) is 38.4 Å². The summed E-state index contributed by atoms with van der Waals surface area (Å²) < 4.78 is 1.50. The molecule has 2 unspecified atom stereocenters. The molecule has 1 aliphatic carbocycles. The number of piperazine rings is 1. The van der Waals surface area contributed by atoms with Crippen molar-refractivity contribution in [1.82, 2.24) is 30.2 Å². The number of carbonyl (C=O) groups is 4. The first-order valence-electron chi connectivity index (χ1n) is 15.2. The fourth-order valence-corrected chi connectivity index (χ4v) is 5.78. The summed E-state index contributed by atoms with van der Waals surface area (Å²) in [5, 5.41) is 13.0. The van der Waals surface area contributed by atoms with E-state index in [1.165, 1.54) is 4.68 Å². The fraction of sp³-hybridized carbons (Fsp3) is 0.581. The third kappa shape index (κ3) is 8.40. The van der Waals surface area contributed by atoms with Gasteiger partial charge in [0.25, 0.3) is 5.91 Å². The van der Waals surface area contributed by atoms with Crippen molar-refractivity contribution >= 4 is 29.3 Å². The first-order valence-corrected chi connectivity index (χ1v) is 15.2. The lowest BCUT2D eigenvalue weighted by Crippen LogP contribution is -2.54. The van der Waals surface area contributed by atoms with Gasteiger partial charge in [-0.1, -0.05) is 44.7 Å². The molecule has 42 heavy (non-hydrogen) atoms. The third-order valence-corrected chi connectivity index (χ3v) is 8.42. The van der Waals surface area contributed by atoms with E-state index in [0.29, 0.717) is 37.3 Å². The number of rotatable bonds is 10. The number of carbonyl (C=O) groups excluding carboxylic acids is 4. The number of likely N-dealkylation sites (N-methyl/N-ethyl adjacent to an activating group) is 1. The zero-order valence-corrected chi connectivity index (χ0v) is 25.1. The Bertz CT molecular complexity index is 1210. The highest BCUT2D eigenvalue weighted by atomic mass is 16.2. The van der Waals surface area contributed by atoms with E-state index in [-0.39, 0.29) is 29.5 Å². The molecule has 3 N–H and O–H groups in total. The molecule has 11 nitrogen and oxygen atoms in total. The zero-order valence-electron chi connectivity index (χ0n) is 25.1. The van der Waals surface area contributed by atoms with Gasteiger partial charge in [-0.2, -0.15) is 5.10 Å². The Kier molecular flexibility index (Phi) is 11.1. The predicted molar refractivity (Wildman–Crippen MR) is 161 cm³/mol. The van der Waals surface area contributed by atoms with E-state index in [1.807, 2.05) is 24.1 Å². The number of aromatic nitrogens is 2. The van der Waals surface area contributed by atoms with E-state index in [2.05, 4.69) is 25.9 Å². The molecule has 2 fully saturated rings. The molecule has 4 amide bonds. The second kappa shape index (κ2) is 14.9. The number of amides is 4. The summed E-state index contributed by atoms with van der Waals surface area (Å²) in [6, 6.07) is 7.67. The largest absolute Gasteiger partial charge is 0.344 e. The maximum absolute atomic E-state index is 13.6. The standard InChI is InChI=1S/C31H45N7O4/c1-4-27(39)34-25(31(42)38-19-17-36(2)18-20-38)21-22-11-13-24(14-12-22)33-30(41)28(23-9-7-5-6-8-10-23)35-29(40)26-15-16-32-37(26)3/h11-16,23,25,28H,4-10,17-21H2,1-3H3,(H,33,41)(H,34,39)(H,35,40). The van der Waals surface area contributed by atoms with Gasteiger partial charge in [0.05, 0.1) is 0 Å². The van der Waals surface area contributed by atoms with Crippen LogP contribution >= 0.6 is 0 Å². The van der Waals surface area contributed by atoms with Crippen LogP contribution in [-0.2, 0) is 27.9 Å². The van der Waals surface area contributed by atoms with Gasteiger partial charge < -0.3 is 25.8 Å². The Morgan fingerprint density at radius 2 is 1.57 bits per heavy atom. The molecule has 11 heteroatoms. The molecule has 2 heterocycles. The van der Waals surface area contributed by atoms with Gasteiger partial charge in [0, 0.05) is 58.0 Å². The third-order valence-electron chi connectivity index (χ3n) is 8.42. The maximum Gasteiger partial charge on any atom is 0.270 e.